The van der Waals surface area contributed by atoms with Gasteiger partial charge < -0.3 is 20.1 Å². The topological polar surface area (TPSA) is 85.6 Å². The van der Waals surface area contributed by atoms with Crippen LogP contribution in [0, 0.1) is 6.92 Å². The third kappa shape index (κ3) is 8.62. The second-order valence-corrected chi connectivity index (χ2v) is 6.57. The fraction of sp³-hybridized carbons (Fsp3) is 0.571. The number of nitrogens with one attached hydrogen (secondary N) is 2. The Kier molecular flexibility index (Phi) is 10.8. The summed E-state index contributed by atoms with van der Waals surface area (Å²) in [7, 11) is 0. The minimum atomic E-state index is 0.553. The second-order valence-electron chi connectivity index (χ2n) is 6.57. The Hall–Kier alpha value is -2.45. The van der Waals surface area contributed by atoms with E-state index in [1.54, 1.807) is 6.20 Å². The second kappa shape index (κ2) is 13.7. The molecule has 0 spiro atoms. The molecule has 0 amide bonds. The van der Waals surface area contributed by atoms with Crippen molar-refractivity contribution in [3.63, 3.8) is 0 Å². The van der Waals surface area contributed by atoms with Crippen LogP contribution >= 0.6 is 0 Å². The zero-order valence-corrected chi connectivity index (χ0v) is 17.9. The molecular weight excluding hydrogens is 368 g/mol. The first-order valence-electron chi connectivity index (χ1n) is 10.4. The Bertz CT molecular complexity index is 714. The average molecular weight is 403 g/mol. The van der Waals surface area contributed by atoms with Crippen molar-refractivity contribution in [3.8, 4) is 5.82 Å². The molecule has 160 valence electrons. The van der Waals surface area contributed by atoms with Crippen molar-refractivity contribution in [2.45, 2.75) is 40.2 Å². The van der Waals surface area contributed by atoms with Gasteiger partial charge in [0, 0.05) is 38.3 Å². The van der Waals surface area contributed by atoms with Crippen LogP contribution in [0.2, 0.25) is 0 Å². The summed E-state index contributed by atoms with van der Waals surface area (Å²) >= 11 is 0. The van der Waals surface area contributed by atoms with E-state index in [0.717, 1.165) is 49.2 Å². The van der Waals surface area contributed by atoms with E-state index in [0.29, 0.717) is 32.9 Å². The molecule has 8 heteroatoms. The van der Waals surface area contributed by atoms with Gasteiger partial charge in [0.05, 0.1) is 26.4 Å². The number of hydrogen-bond donors (Lipinski definition) is 2. The maximum atomic E-state index is 5.58. The molecule has 2 N–H and O–H groups in total. The molecule has 0 aliphatic rings. The van der Waals surface area contributed by atoms with Crippen LogP contribution in [0.1, 0.15) is 38.1 Å². The third-order valence-electron chi connectivity index (χ3n) is 4.20. The zero-order valence-electron chi connectivity index (χ0n) is 17.9. The van der Waals surface area contributed by atoms with Gasteiger partial charge in [-0.25, -0.2) is 15.0 Å². The summed E-state index contributed by atoms with van der Waals surface area (Å²) in [5, 5.41) is 6.53. The first-order chi connectivity index (χ1) is 14.2. The summed E-state index contributed by atoms with van der Waals surface area (Å²) in [6, 6.07) is 4.02. The monoisotopic (exact) mass is 402 g/mol. The lowest BCUT2D eigenvalue weighted by molar-refractivity contribution is 0.0487. The summed E-state index contributed by atoms with van der Waals surface area (Å²) in [4.78, 5) is 13.4. The molecule has 2 rings (SSSR count). The van der Waals surface area contributed by atoms with Gasteiger partial charge in [0.15, 0.2) is 5.96 Å². The highest BCUT2D eigenvalue weighted by Crippen LogP contribution is 2.09. The summed E-state index contributed by atoms with van der Waals surface area (Å²) < 4.78 is 13.0. The molecule has 0 saturated carbocycles. The zero-order chi connectivity index (χ0) is 20.7. The molecule has 0 aliphatic carbocycles. The number of ether oxygens (including phenoxy) is 2. The van der Waals surface area contributed by atoms with Crippen LogP contribution in [0.25, 0.3) is 5.82 Å². The van der Waals surface area contributed by atoms with Crippen molar-refractivity contribution in [1.82, 2.24) is 25.2 Å². The number of hydrogen-bond acceptors (Lipinski definition) is 5. The number of aromatic nitrogens is 3. The van der Waals surface area contributed by atoms with E-state index in [-0.39, 0.29) is 0 Å². The summed E-state index contributed by atoms with van der Waals surface area (Å²) in [6.45, 7) is 10.9. The number of aryl methyl sites for hydroxylation is 1. The molecule has 0 saturated heterocycles. The lowest BCUT2D eigenvalue weighted by atomic mass is 10.3. The molecule has 0 bridgehead atoms. The van der Waals surface area contributed by atoms with Gasteiger partial charge in [-0.05, 0) is 31.9 Å². The van der Waals surface area contributed by atoms with E-state index in [2.05, 4.69) is 32.5 Å². The van der Waals surface area contributed by atoms with Gasteiger partial charge in [-0.3, -0.25) is 4.57 Å². The molecule has 2 aromatic heterocycles. The molecule has 8 nitrogen and oxygen atoms in total. The highest BCUT2D eigenvalue weighted by Gasteiger charge is 2.02. The molecule has 0 aromatic carbocycles. The lowest BCUT2D eigenvalue weighted by Crippen LogP contribution is -2.39. The number of rotatable bonds is 13. The highest BCUT2D eigenvalue weighted by atomic mass is 16.5. The van der Waals surface area contributed by atoms with Crippen LogP contribution in [0.3, 0.4) is 0 Å². The Morgan fingerprint density at radius 1 is 1.07 bits per heavy atom. The highest BCUT2D eigenvalue weighted by molar-refractivity contribution is 5.79. The van der Waals surface area contributed by atoms with Crippen molar-refractivity contribution in [2.24, 2.45) is 4.99 Å². The predicted molar refractivity (Wildman–Crippen MR) is 115 cm³/mol. The van der Waals surface area contributed by atoms with Gasteiger partial charge in [-0.1, -0.05) is 19.4 Å². The number of pyridine rings is 1. The van der Waals surface area contributed by atoms with E-state index in [9.17, 15) is 0 Å². The number of unbranched alkanes of at least 4 members (excludes halogenated alkanes) is 1. The summed E-state index contributed by atoms with van der Waals surface area (Å²) in [6.07, 6.45) is 7.78. The Morgan fingerprint density at radius 2 is 1.90 bits per heavy atom. The smallest absolute Gasteiger partial charge is 0.191 e. The Labute approximate surface area is 173 Å². The standard InChI is InChI=1S/C21H34N6O2/c1-4-6-12-28-14-15-29-13-10-24-21(22-5-2)26-17-19-7-8-20(25-16-19)27-11-9-23-18(27)3/h7-9,11,16H,4-6,10,12-15,17H2,1-3H3,(H2,22,24,26). The summed E-state index contributed by atoms with van der Waals surface area (Å²) in [5.41, 5.74) is 1.05. The van der Waals surface area contributed by atoms with Crippen LogP contribution < -0.4 is 10.6 Å². The number of imidazole rings is 1. The van der Waals surface area contributed by atoms with Gasteiger partial charge in [0.1, 0.15) is 11.6 Å². The molecule has 0 radical (unpaired) electrons. The maximum absolute atomic E-state index is 5.58. The van der Waals surface area contributed by atoms with Crippen LogP contribution in [-0.2, 0) is 16.0 Å². The predicted octanol–water partition coefficient (Wildman–Crippen LogP) is 2.46. The number of aliphatic imine (C=N–C) groups is 1. The molecule has 29 heavy (non-hydrogen) atoms. The van der Waals surface area contributed by atoms with Crippen LogP contribution in [0.5, 0.6) is 0 Å². The maximum Gasteiger partial charge on any atom is 0.191 e. The van der Waals surface area contributed by atoms with Crippen LogP contribution in [0.4, 0.5) is 0 Å². The molecule has 0 fully saturated rings. The Morgan fingerprint density at radius 3 is 2.55 bits per heavy atom. The number of guanidine groups is 1. The fourth-order valence-corrected chi connectivity index (χ4v) is 2.59. The Balaban J connectivity index is 1.72. The fourth-order valence-electron chi connectivity index (χ4n) is 2.59. The quantitative estimate of drug-likeness (QED) is 0.304. The normalized spacial score (nSPS) is 11.6. The minimum absolute atomic E-state index is 0.553. The van der Waals surface area contributed by atoms with E-state index >= 15 is 0 Å². The molecule has 0 aliphatic heterocycles. The molecule has 0 atom stereocenters. The number of nitrogens with zero attached hydrogens (tertiary/aromatic N) is 4. The van der Waals surface area contributed by atoms with Gasteiger partial charge in [0.2, 0.25) is 0 Å². The van der Waals surface area contributed by atoms with Gasteiger partial charge in [-0.15, -0.1) is 0 Å². The third-order valence-corrected chi connectivity index (χ3v) is 4.20. The average Bonchev–Trinajstić information content (AvgIpc) is 3.17. The largest absolute Gasteiger partial charge is 0.379 e. The van der Waals surface area contributed by atoms with Crippen molar-refractivity contribution in [1.29, 1.82) is 0 Å². The molecule has 2 aromatic rings. The van der Waals surface area contributed by atoms with E-state index in [4.69, 9.17) is 9.47 Å². The molecule has 0 unspecified atom stereocenters. The van der Waals surface area contributed by atoms with E-state index in [1.165, 1.54) is 0 Å². The van der Waals surface area contributed by atoms with E-state index < -0.39 is 0 Å². The van der Waals surface area contributed by atoms with Crippen molar-refractivity contribution >= 4 is 5.96 Å². The van der Waals surface area contributed by atoms with Crippen molar-refractivity contribution in [2.75, 3.05) is 39.5 Å². The van der Waals surface area contributed by atoms with Crippen LogP contribution in [-0.4, -0.2) is 60.0 Å². The van der Waals surface area contributed by atoms with Gasteiger partial charge in [0.25, 0.3) is 0 Å². The minimum Gasteiger partial charge on any atom is -0.379 e. The van der Waals surface area contributed by atoms with E-state index in [1.807, 2.05) is 42.9 Å². The first-order valence-corrected chi connectivity index (χ1v) is 10.4. The van der Waals surface area contributed by atoms with Crippen molar-refractivity contribution in [3.05, 3.63) is 42.1 Å². The van der Waals surface area contributed by atoms with Gasteiger partial charge >= 0.3 is 0 Å². The SMILES string of the molecule is CCCCOCCOCCNC(=NCc1ccc(-n2ccnc2C)nc1)NCC. The lowest BCUT2D eigenvalue weighted by Gasteiger charge is -2.12. The van der Waals surface area contributed by atoms with Crippen molar-refractivity contribution < 1.29 is 9.47 Å². The molecular formula is C21H34N6O2. The molecule has 2 heterocycles. The van der Waals surface area contributed by atoms with Gasteiger partial charge in [-0.2, -0.15) is 0 Å². The summed E-state index contributed by atoms with van der Waals surface area (Å²) in [5.74, 6) is 2.54. The first kappa shape index (κ1) is 22.8. The van der Waals surface area contributed by atoms with Crippen LogP contribution in [0.15, 0.2) is 35.7 Å².